The SMILES string of the molecule is CC=CCN(CCO)CCO. The van der Waals surface area contributed by atoms with Crippen LogP contribution in [0.25, 0.3) is 0 Å². The Bertz CT molecular complexity index is 98.3. The Hall–Kier alpha value is -0.380. The van der Waals surface area contributed by atoms with Crippen LogP contribution in [0.3, 0.4) is 0 Å². The maximum absolute atomic E-state index is 8.62. The minimum atomic E-state index is 0.150. The molecule has 0 aromatic carbocycles. The van der Waals surface area contributed by atoms with Gasteiger partial charge in [-0.25, -0.2) is 0 Å². The quantitative estimate of drug-likeness (QED) is 0.530. The van der Waals surface area contributed by atoms with E-state index in [-0.39, 0.29) is 13.2 Å². The van der Waals surface area contributed by atoms with E-state index in [9.17, 15) is 0 Å². The first-order chi connectivity index (χ1) is 5.35. The van der Waals surface area contributed by atoms with Gasteiger partial charge in [0.25, 0.3) is 0 Å². The van der Waals surface area contributed by atoms with Crippen molar-refractivity contribution in [1.82, 2.24) is 4.90 Å². The Morgan fingerprint density at radius 1 is 1.18 bits per heavy atom. The summed E-state index contributed by atoms with van der Waals surface area (Å²) >= 11 is 0. The third-order valence-corrected chi connectivity index (χ3v) is 1.43. The van der Waals surface area contributed by atoms with E-state index in [1.807, 2.05) is 24.0 Å². The fraction of sp³-hybridized carbons (Fsp3) is 0.750. The summed E-state index contributed by atoms with van der Waals surface area (Å²) in [5, 5.41) is 17.2. The zero-order chi connectivity index (χ0) is 8.53. The molecule has 0 aliphatic carbocycles. The lowest BCUT2D eigenvalue weighted by atomic mass is 10.4. The van der Waals surface area contributed by atoms with Gasteiger partial charge in [-0.3, -0.25) is 4.90 Å². The third-order valence-electron chi connectivity index (χ3n) is 1.43. The molecule has 0 bridgehead atoms. The van der Waals surface area contributed by atoms with Crippen molar-refractivity contribution in [2.75, 3.05) is 32.8 Å². The zero-order valence-electron chi connectivity index (χ0n) is 7.03. The molecule has 0 atom stereocenters. The number of hydrogen-bond acceptors (Lipinski definition) is 3. The first-order valence-corrected chi connectivity index (χ1v) is 3.90. The van der Waals surface area contributed by atoms with Gasteiger partial charge in [0, 0.05) is 19.6 Å². The van der Waals surface area contributed by atoms with Gasteiger partial charge in [0.2, 0.25) is 0 Å². The summed E-state index contributed by atoms with van der Waals surface area (Å²) in [6.45, 7) is 4.32. The van der Waals surface area contributed by atoms with Crippen molar-refractivity contribution in [1.29, 1.82) is 0 Å². The number of allylic oxidation sites excluding steroid dienone is 1. The minimum absolute atomic E-state index is 0.150. The fourth-order valence-electron chi connectivity index (χ4n) is 0.832. The van der Waals surface area contributed by atoms with Gasteiger partial charge in [-0.15, -0.1) is 0 Å². The largest absolute Gasteiger partial charge is 0.395 e. The average molecular weight is 159 g/mol. The summed E-state index contributed by atoms with van der Waals surface area (Å²) in [7, 11) is 0. The molecule has 0 aromatic rings. The van der Waals surface area contributed by atoms with Gasteiger partial charge in [0.15, 0.2) is 0 Å². The Labute approximate surface area is 68.0 Å². The van der Waals surface area contributed by atoms with E-state index in [1.165, 1.54) is 0 Å². The van der Waals surface area contributed by atoms with Crippen LogP contribution in [-0.2, 0) is 0 Å². The van der Waals surface area contributed by atoms with Crippen LogP contribution in [0.15, 0.2) is 12.2 Å². The summed E-state index contributed by atoms with van der Waals surface area (Å²) in [6.07, 6.45) is 3.97. The fourth-order valence-corrected chi connectivity index (χ4v) is 0.832. The van der Waals surface area contributed by atoms with Crippen molar-refractivity contribution in [3.8, 4) is 0 Å². The molecule has 2 N–H and O–H groups in total. The normalized spacial score (nSPS) is 11.6. The number of aliphatic hydroxyl groups excluding tert-OH is 2. The van der Waals surface area contributed by atoms with Crippen molar-refractivity contribution < 1.29 is 10.2 Å². The van der Waals surface area contributed by atoms with E-state index in [2.05, 4.69) is 0 Å². The van der Waals surface area contributed by atoms with Crippen molar-refractivity contribution in [2.24, 2.45) is 0 Å². The van der Waals surface area contributed by atoms with Crippen molar-refractivity contribution in [3.63, 3.8) is 0 Å². The topological polar surface area (TPSA) is 43.7 Å². The second-order valence-electron chi connectivity index (χ2n) is 2.32. The molecule has 0 aliphatic heterocycles. The lowest BCUT2D eigenvalue weighted by Gasteiger charge is -2.17. The van der Waals surface area contributed by atoms with E-state index < -0.39 is 0 Å². The first-order valence-electron chi connectivity index (χ1n) is 3.90. The molecule has 0 unspecified atom stereocenters. The predicted molar refractivity (Wildman–Crippen MR) is 45.4 cm³/mol. The van der Waals surface area contributed by atoms with Crippen LogP contribution in [0.5, 0.6) is 0 Å². The van der Waals surface area contributed by atoms with Crippen molar-refractivity contribution in [3.05, 3.63) is 12.2 Å². The molecule has 3 nitrogen and oxygen atoms in total. The number of rotatable bonds is 6. The molecular weight excluding hydrogens is 142 g/mol. The highest BCUT2D eigenvalue weighted by Gasteiger charge is 1.98. The van der Waals surface area contributed by atoms with Crippen LogP contribution in [0.4, 0.5) is 0 Å². The molecule has 66 valence electrons. The molecule has 0 rings (SSSR count). The average Bonchev–Trinajstić information content (AvgIpc) is 2.01. The molecule has 3 heteroatoms. The van der Waals surface area contributed by atoms with E-state index in [1.54, 1.807) is 0 Å². The van der Waals surface area contributed by atoms with Crippen LogP contribution in [0.2, 0.25) is 0 Å². The third kappa shape index (κ3) is 6.04. The molecule has 0 fully saturated rings. The second-order valence-corrected chi connectivity index (χ2v) is 2.32. The summed E-state index contributed by atoms with van der Waals surface area (Å²) in [5.74, 6) is 0. The molecule has 0 radical (unpaired) electrons. The Morgan fingerprint density at radius 2 is 1.73 bits per heavy atom. The van der Waals surface area contributed by atoms with Gasteiger partial charge in [0.05, 0.1) is 13.2 Å². The summed E-state index contributed by atoms with van der Waals surface area (Å²) < 4.78 is 0. The predicted octanol–water partition coefficient (Wildman–Crippen LogP) is -0.151. The number of nitrogens with zero attached hydrogens (tertiary/aromatic N) is 1. The molecule has 11 heavy (non-hydrogen) atoms. The van der Waals surface area contributed by atoms with E-state index in [0.717, 1.165) is 6.54 Å². The van der Waals surface area contributed by atoms with E-state index in [4.69, 9.17) is 10.2 Å². The van der Waals surface area contributed by atoms with Crippen LogP contribution >= 0.6 is 0 Å². The maximum Gasteiger partial charge on any atom is 0.0558 e. The van der Waals surface area contributed by atoms with Crippen molar-refractivity contribution >= 4 is 0 Å². The lowest BCUT2D eigenvalue weighted by molar-refractivity contribution is 0.172. The summed E-state index contributed by atoms with van der Waals surface area (Å²) in [4.78, 5) is 1.99. The van der Waals surface area contributed by atoms with Gasteiger partial charge in [-0.1, -0.05) is 12.2 Å². The second kappa shape index (κ2) is 7.72. The molecule has 0 aliphatic rings. The van der Waals surface area contributed by atoms with Crippen LogP contribution in [0, 0.1) is 0 Å². The lowest BCUT2D eigenvalue weighted by Crippen LogP contribution is -2.29. The zero-order valence-corrected chi connectivity index (χ0v) is 7.03. The molecule has 0 heterocycles. The monoisotopic (exact) mass is 159 g/mol. The van der Waals surface area contributed by atoms with Gasteiger partial charge in [-0.2, -0.15) is 0 Å². The Morgan fingerprint density at radius 3 is 2.09 bits per heavy atom. The van der Waals surface area contributed by atoms with Crippen molar-refractivity contribution in [2.45, 2.75) is 6.92 Å². The highest BCUT2D eigenvalue weighted by atomic mass is 16.3. The van der Waals surface area contributed by atoms with Crippen LogP contribution < -0.4 is 0 Å². The molecule has 0 saturated heterocycles. The van der Waals surface area contributed by atoms with Gasteiger partial charge >= 0.3 is 0 Å². The van der Waals surface area contributed by atoms with Crippen LogP contribution in [0.1, 0.15) is 6.92 Å². The minimum Gasteiger partial charge on any atom is -0.395 e. The summed E-state index contributed by atoms with van der Waals surface area (Å²) in [5.41, 5.74) is 0. The smallest absolute Gasteiger partial charge is 0.0558 e. The van der Waals surface area contributed by atoms with E-state index >= 15 is 0 Å². The van der Waals surface area contributed by atoms with Crippen LogP contribution in [-0.4, -0.2) is 48.0 Å². The molecule has 0 aromatic heterocycles. The van der Waals surface area contributed by atoms with Gasteiger partial charge in [0.1, 0.15) is 0 Å². The standard InChI is InChI=1S/C8H17NO2/c1-2-3-4-9(5-7-10)6-8-11/h2-3,10-11H,4-8H2,1H3. The van der Waals surface area contributed by atoms with Gasteiger partial charge < -0.3 is 10.2 Å². The summed E-state index contributed by atoms with van der Waals surface area (Å²) in [6, 6.07) is 0. The van der Waals surface area contributed by atoms with E-state index in [0.29, 0.717) is 13.1 Å². The number of hydrogen-bond donors (Lipinski definition) is 2. The number of aliphatic hydroxyl groups is 2. The molecule has 0 spiro atoms. The Balaban J connectivity index is 3.50. The maximum atomic E-state index is 8.62. The molecule has 0 saturated carbocycles. The van der Waals surface area contributed by atoms with Gasteiger partial charge in [-0.05, 0) is 6.92 Å². The Kier molecular flexibility index (Phi) is 7.46. The highest BCUT2D eigenvalue weighted by Crippen LogP contribution is 1.87. The molecule has 0 amide bonds. The first kappa shape index (κ1) is 10.6. The molecular formula is C8H17NO2. The highest BCUT2D eigenvalue weighted by molar-refractivity contribution is 4.80.